The SMILES string of the molecule is CCCCCCCCC/C=C\CCCCCCCC(=O)OC[C@H](COP(=O)([O-])OCC[N+](C)(C)C)OC(=O)CCCCCCCCCCCCCCCCCCCC. The van der Waals surface area contributed by atoms with Gasteiger partial charge in [0.05, 0.1) is 27.7 Å². The van der Waals surface area contributed by atoms with Crippen LogP contribution in [0.4, 0.5) is 0 Å². The number of quaternary nitrogens is 1. The molecular formula is C48H94NO8P. The minimum atomic E-state index is -4.62. The quantitative estimate of drug-likeness (QED) is 0.0196. The third-order valence-electron chi connectivity index (χ3n) is 10.8. The van der Waals surface area contributed by atoms with Crippen molar-refractivity contribution >= 4 is 19.8 Å². The smallest absolute Gasteiger partial charge is 0.306 e. The molecule has 0 N–H and O–H groups in total. The Morgan fingerprint density at radius 3 is 1.28 bits per heavy atom. The molecule has 2 atom stereocenters. The molecular weight excluding hydrogens is 750 g/mol. The number of hydrogen-bond donors (Lipinski definition) is 0. The van der Waals surface area contributed by atoms with Gasteiger partial charge in [0.2, 0.25) is 0 Å². The van der Waals surface area contributed by atoms with Gasteiger partial charge in [0.15, 0.2) is 6.10 Å². The third-order valence-corrected chi connectivity index (χ3v) is 11.7. The maximum Gasteiger partial charge on any atom is 0.306 e. The second kappa shape index (κ2) is 41.1. The molecule has 0 fully saturated rings. The summed E-state index contributed by atoms with van der Waals surface area (Å²) < 4.78 is 34.0. The number of carbonyl (C=O) groups excluding carboxylic acids is 2. The van der Waals surface area contributed by atoms with Crippen molar-refractivity contribution in [3.63, 3.8) is 0 Å². The van der Waals surface area contributed by atoms with Gasteiger partial charge in [0.1, 0.15) is 19.8 Å². The number of ether oxygens (including phenoxy) is 2. The standard InChI is InChI=1S/C48H94NO8P/c1-6-8-10-12-14-16-18-20-22-24-25-27-29-31-33-35-37-39-41-48(51)57-46(45-56-58(52,53)55-43-42-49(3,4)5)44-54-47(50)40-38-36-34-32-30-28-26-23-21-19-17-15-13-11-9-7-2/h23,26,46H,6-22,24-25,27-45H2,1-5H3/b26-23-/t46-/m1/s1. The number of hydrogen-bond acceptors (Lipinski definition) is 8. The molecule has 0 radical (unpaired) electrons. The van der Waals surface area contributed by atoms with E-state index in [1.165, 1.54) is 148 Å². The topological polar surface area (TPSA) is 111 Å². The van der Waals surface area contributed by atoms with Crippen LogP contribution in [0.15, 0.2) is 12.2 Å². The van der Waals surface area contributed by atoms with Gasteiger partial charge in [-0.05, 0) is 38.5 Å². The average Bonchev–Trinajstić information content (AvgIpc) is 3.17. The first-order valence-electron chi connectivity index (χ1n) is 24.4. The summed E-state index contributed by atoms with van der Waals surface area (Å²) in [5.41, 5.74) is 0. The second-order valence-electron chi connectivity index (χ2n) is 17.8. The summed E-state index contributed by atoms with van der Waals surface area (Å²) in [6.45, 7) is 4.26. The van der Waals surface area contributed by atoms with Gasteiger partial charge in [-0.15, -0.1) is 0 Å². The van der Waals surface area contributed by atoms with Gasteiger partial charge < -0.3 is 27.9 Å². The van der Waals surface area contributed by atoms with Crippen molar-refractivity contribution in [2.75, 3.05) is 47.5 Å². The number of allylic oxidation sites excluding steroid dienone is 2. The summed E-state index contributed by atoms with van der Waals surface area (Å²) in [5.74, 6) is -0.831. The van der Waals surface area contributed by atoms with Crippen LogP contribution >= 0.6 is 7.82 Å². The Hall–Kier alpha value is -1.25. The van der Waals surface area contributed by atoms with E-state index >= 15 is 0 Å². The van der Waals surface area contributed by atoms with Crippen LogP contribution in [0.3, 0.4) is 0 Å². The molecule has 1 unspecified atom stereocenters. The van der Waals surface area contributed by atoms with Crippen molar-refractivity contribution in [3.05, 3.63) is 12.2 Å². The molecule has 344 valence electrons. The largest absolute Gasteiger partial charge is 0.756 e. The molecule has 0 rings (SSSR count). The summed E-state index contributed by atoms with van der Waals surface area (Å²) in [4.78, 5) is 37.6. The molecule has 0 saturated heterocycles. The van der Waals surface area contributed by atoms with Crippen LogP contribution in [0.5, 0.6) is 0 Å². The Labute approximate surface area is 358 Å². The van der Waals surface area contributed by atoms with Crippen molar-refractivity contribution in [3.8, 4) is 0 Å². The van der Waals surface area contributed by atoms with Crippen molar-refractivity contribution in [1.29, 1.82) is 0 Å². The number of phosphoric ester groups is 1. The lowest BCUT2D eigenvalue weighted by Gasteiger charge is -2.28. The lowest BCUT2D eigenvalue weighted by atomic mass is 10.0. The van der Waals surface area contributed by atoms with E-state index in [9.17, 15) is 19.0 Å². The van der Waals surface area contributed by atoms with E-state index in [0.717, 1.165) is 51.4 Å². The molecule has 0 aromatic rings. The van der Waals surface area contributed by atoms with E-state index in [4.69, 9.17) is 18.5 Å². The van der Waals surface area contributed by atoms with Crippen LogP contribution in [-0.4, -0.2) is 70.0 Å². The molecule has 0 heterocycles. The van der Waals surface area contributed by atoms with Gasteiger partial charge in [0.25, 0.3) is 7.82 Å². The molecule has 0 saturated carbocycles. The Kier molecular flexibility index (Phi) is 40.2. The second-order valence-corrected chi connectivity index (χ2v) is 19.2. The molecule has 0 aliphatic rings. The number of likely N-dealkylation sites (N-methyl/N-ethyl adjacent to an activating group) is 1. The maximum absolute atomic E-state index is 12.7. The van der Waals surface area contributed by atoms with Crippen molar-refractivity contribution in [2.45, 2.75) is 238 Å². The highest BCUT2D eigenvalue weighted by molar-refractivity contribution is 7.45. The summed E-state index contributed by atoms with van der Waals surface area (Å²) in [5, 5.41) is 0. The molecule has 0 amide bonds. The lowest BCUT2D eigenvalue weighted by Crippen LogP contribution is -2.37. The molecule has 0 aromatic carbocycles. The maximum atomic E-state index is 12.7. The van der Waals surface area contributed by atoms with E-state index in [1.54, 1.807) is 0 Å². The molecule has 0 aliphatic heterocycles. The van der Waals surface area contributed by atoms with Gasteiger partial charge in [-0.2, -0.15) is 0 Å². The first-order valence-corrected chi connectivity index (χ1v) is 25.9. The van der Waals surface area contributed by atoms with Gasteiger partial charge in [-0.25, -0.2) is 0 Å². The first-order chi connectivity index (χ1) is 28.0. The Morgan fingerprint density at radius 2 is 0.879 bits per heavy atom. The van der Waals surface area contributed by atoms with Gasteiger partial charge in [-0.1, -0.05) is 193 Å². The van der Waals surface area contributed by atoms with Crippen LogP contribution in [0.2, 0.25) is 0 Å². The van der Waals surface area contributed by atoms with E-state index in [0.29, 0.717) is 17.4 Å². The van der Waals surface area contributed by atoms with Crippen LogP contribution in [0.25, 0.3) is 0 Å². The molecule has 0 aliphatic carbocycles. The predicted molar refractivity (Wildman–Crippen MR) is 241 cm³/mol. The van der Waals surface area contributed by atoms with E-state index < -0.39 is 26.5 Å². The average molecular weight is 844 g/mol. The number of esters is 2. The monoisotopic (exact) mass is 844 g/mol. The minimum absolute atomic E-state index is 0.0287. The number of phosphoric acid groups is 1. The highest BCUT2D eigenvalue weighted by atomic mass is 31.2. The summed E-state index contributed by atoms with van der Waals surface area (Å²) in [6, 6.07) is 0. The van der Waals surface area contributed by atoms with Gasteiger partial charge in [0, 0.05) is 12.8 Å². The Balaban J connectivity index is 4.27. The molecule has 10 heteroatoms. The molecule has 0 spiro atoms. The van der Waals surface area contributed by atoms with Crippen LogP contribution < -0.4 is 4.89 Å². The van der Waals surface area contributed by atoms with E-state index in [2.05, 4.69) is 26.0 Å². The van der Waals surface area contributed by atoms with Crippen LogP contribution in [-0.2, 0) is 32.7 Å². The molecule has 0 aromatic heterocycles. The van der Waals surface area contributed by atoms with Crippen LogP contribution in [0, 0.1) is 0 Å². The third kappa shape index (κ3) is 44.3. The van der Waals surface area contributed by atoms with Crippen molar-refractivity contribution in [2.24, 2.45) is 0 Å². The summed E-state index contributed by atoms with van der Waals surface area (Å²) >= 11 is 0. The number of carbonyl (C=O) groups is 2. The lowest BCUT2D eigenvalue weighted by molar-refractivity contribution is -0.870. The zero-order chi connectivity index (χ0) is 42.8. The fraction of sp³-hybridized carbons (Fsp3) is 0.917. The number of unbranched alkanes of at least 4 members (excludes halogenated alkanes) is 29. The van der Waals surface area contributed by atoms with Gasteiger partial charge in [-0.3, -0.25) is 14.2 Å². The normalized spacial score (nSPS) is 13.6. The predicted octanol–water partition coefficient (Wildman–Crippen LogP) is 13.5. The highest BCUT2D eigenvalue weighted by Crippen LogP contribution is 2.38. The number of nitrogens with zero attached hydrogens (tertiary/aromatic N) is 1. The zero-order valence-corrected chi connectivity index (χ0v) is 39.7. The van der Waals surface area contributed by atoms with Crippen LogP contribution in [0.1, 0.15) is 232 Å². The molecule has 9 nitrogen and oxygen atoms in total. The summed E-state index contributed by atoms with van der Waals surface area (Å²) in [6.07, 6.45) is 43.8. The Morgan fingerprint density at radius 1 is 0.517 bits per heavy atom. The van der Waals surface area contributed by atoms with Crippen molar-refractivity contribution in [1.82, 2.24) is 0 Å². The molecule has 0 bridgehead atoms. The van der Waals surface area contributed by atoms with E-state index in [-0.39, 0.29) is 32.0 Å². The summed E-state index contributed by atoms with van der Waals surface area (Å²) in [7, 11) is 1.17. The first kappa shape index (κ1) is 56.8. The zero-order valence-electron chi connectivity index (χ0n) is 38.8. The van der Waals surface area contributed by atoms with Crippen molar-refractivity contribution < 1.29 is 42.1 Å². The highest BCUT2D eigenvalue weighted by Gasteiger charge is 2.21. The Bertz CT molecular complexity index is 1000. The van der Waals surface area contributed by atoms with Gasteiger partial charge >= 0.3 is 11.9 Å². The fourth-order valence-corrected chi connectivity index (χ4v) is 7.67. The number of rotatable bonds is 45. The fourth-order valence-electron chi connectivity index (χ4n) is 6.95. The minimum Gasteiger partial charge on any atom is -0.756 e. The molecule has 58 heavy (non-hydrogen) atoms. The van der Waals surface area contributed by atoms with E-state index in [1.807, 2.05) is 21.1 Å².